The first-order valence-electron chi connectivity index (χ1n) is 6.49. The first-order chi connectivity index (χ1) is 9.22. The smallest absolute Gasteiger partial charge is 0.317 e. The van der Waals surface area contributed by atoms with Crippen LogP contribution in [-0.4, -0.2) is 42.8 Å². The number of aliphatic hydroxyl groups excluding tert-OH is 1. The molecule has 1 aromatic carbocycles. The van der Waals surface area contributed by atoms with Crippen LogP contribution in [0.3, 0.4) is 0 Å². The second-order valence-corrected chi connectivity index (χ2v) is 4.79. The largest absolute Gasteiger partial charge is 0.497 e. The highest BCUT2D eigenvalue weighted by Crippen LogP contribution is 2.15. The number of carbonyl (C=O) groups is 1. The van der Waals surface area contributed by atoms with E-state index in [2.05, 4.69) is 5.32 Å². The highest BCUT2D eigenvalue weighted by Gasteiger charge is 2.25. The van der Waals surface area contributed by atoms with E-state index in [4.69, 9.17) is 9.84 Å². The van der Waals surface area contributed by atoms with Crippen LogP contribution in [0, 0.1) is 5.92 Å². The Morgan fingerprint density at radius 3 is 2.79 bits per heavy atom. The van der Waals surface area contributed by atoms with Crippen molar-refractivity contribution in [2.24, 2.45) is 5.92 Å². The fourth-order valence-electron chi connectivity index (χ4n) is 2.20. The highest BCUT2D eigenvalue weighted by atomic mass is 16.5. The second kappa shape index (κ2) is 6.43. The molecule has 1 aliphatic rings. The van der Waals surface area contributed by atoms with Crippen molar-refractivity contribution in [1.82, 2.24) is 10.2 Å². The molecule has 2 N–H and O–H groups in total. The minimum absolute atomic E-state index is 0.0632. The summed E-state index contributed by atoms with van der Waals surface area (Å²) in [5, 5.41) is 11.9. The Balaban J connectivity index is 1.80. The summed E-state index contributed by atoms with van der Waals surface area (Å²) in [7, 11) is 1.63. The number of carbonyl (C=O) groups excluding carboxylic acids is 1. The van der Waals surface area contributed by atoms with Gasteiger partial charge in [0.05, 0.1) is 7.11 Å². The molecule has 5 heteroatoms. The van der Waals surface area contributed by atoms with Gasteiger partial charge >= 0.3 is 6.03 Å². The summed E-state index contributed by atoms with van der Waals surface area (Å²) in [6, 6.07) is 7.55. The Labute approximate surface area is 113 Å². The number of hydrogen-bond acceptors (Lipinski definition) is 3. The fraction of sp³-hybridized carbons (Fsp3) is 0.500. The van der Waals surface area contributed by atoms with Crippen LogP contribution in [0.2, 0.25) is 0 Å². The minimum Gasteiger partial charge on any atom is -0.497 e. The molecule has 1 fully saturated rings. The van der Waals surface area contributed by atoms with E-state index in [1.54, 1.807) is 12.0 Å². The van der Waals surface area contributed by atoms with Crippen LogP contribution in [0.4, 0.5) is 4.79 Å². The number of aliphatic hydroxyl groups is 1. The summed E-state index contributed by atoms with van der Waals surface area (Å²) in [6.45, 7) is 2.02. The third kappa shape index (κ3) is 3.61. The van der Waals surface area contributed by atoms with Gasteiger partial charge in [0, 0.05) is 32.2 Å². The third-order valence-corrected chi connectivity index (χ3v) is 3.43. The molecule has 2 rings (SSSR count). The molecule has 0 spiro atoms. The Hall–Kier alpha value is -1.75. The van der Waals surface area contributed by atoms with E-state index in [0.29, 0.717) is 13.1 Å². The number of methoxy groups -OCH3 is 1. The standard InChI is InChI=1S/C14H20N2O3/c1-19-13-4-2-11(3-5-13)8-15-14(18)16-7-6-12(9-16)10-17/h2-5,12,17H,6-10H2,1H3,(H,15,18). The number of nitrogens with one attached hydrogen (secondary N) is 1. The van der Waals surface area contributed by atoms with Crippen molar-refractivity contribution in [3.63, 3.8) is 0 Å². The lowest BCUT2D eigenvalue weighted by molar-refractivity contribution is 0.198. The van der Waals surface area contributed by atoms with Gasteiger partial charge in [-0.15, -0.1) is 0 Å². The van der Waals surface area contributed by atoms with Crippen LogP contribution in [0.1, 0.15) is 12.0 Å². The van der Waals surface area contributed by atoms with E-state index in [1.807, 2.05) is 24.3 Å². The third-order valence-electron chi connectivity index (χ3n) is 3.43. The molecule has 19 heavy (non-hydrogen) atoms. The van der Waals surface area contributed by atoms with E-state index < -0.39 is 0 Å². The first-order valence-corrected chi connectivity index (χ1v) is 6.49. The van der Waals surface area contributed by atoms with Gasteiger partial charge in [-0.05, 0) is 24.1 Å². The van der Waals surface area contributed by atoms with Gasteiger partial charge in [-0.2, -0.15) is 0 Å². The van der Waals surface area contributed by atoms with Crippen LogP contribution in [0.25, 0.3) is 0 Å². The predicted octanol–water partition coefficient (Wildman–Crippen LogP) is 1.22. The minimum atomic E-state index is -0.0632. The van der Waals surface area contributed by atoms with Gasteiger partial charge in [0.15, 0.2) is 0 Å². The van der Waals surface area contributed by atoms with Crippen molar-refractivity contribution >= 4 is 6.03 Å². The molecule has 1 aromatic rings. The van der Waals surface area contributed by atoms with E-state index in [0.717, 1.165) is 24.3 Å². The van der Waals surface area contributed by atoms with Crippen LogP contribution < -0.4 is 10.1 Å². The zero-order valence-electron chi connectivity index (χ0n) is 11.1. The van der Waals surface area contributed by atoms with Crippen molar-refractivity contribution in [3.05, 3.63) is 29.8 Å². The molecular weight excluding hydrogens is 244 g/mol. The van der Waals surface area contributed by atoms with Crippen LogP contribution in [-0.2, 0) is 6.54 Å². The molecule has 104 valence electrons. The number of nitrogens with zero attached hydrogens (tertiary/aromatic N) is 1. The van der Waals surface area contributed by atoms with Crippen molar-refractivity contribution in [2.75, 3.05) is 26.8 Å². The summed E-state index contributed by atoms with van der Waals surface area (Å²) in [5.74, 6) is 1.03. The SMILES string of the molecule is COc1ccc(CNC(=O)N2CCC(CO)C2)cc1. The molecule has 0 bridgehead atoms. The van der Waals surface area contributed by atoms with Gasteiger partial charge in [-0.3, -0.25) is 0 Å². The zero-order chi connectivity index (χ0) is 13.7. The normalized spacial score (nSPS) is 18.4. The number of hydrogen-bond donors (Lipinski definition) is 2. The van der Waals surface area contributed by atoms with Gasteiger partial charge in [-0.1, -0.05) is 12.1 Å². The maximum absolute atomic E-state index is 11.9. The highest BCUT2D eigenvalue weighted by molar-refractivity contribution is 5.74. The predicted molar refractivity (Wildman–Crippen MR) is 72.0 cm³/mol. The number of amides is 2. The van der Waals surface area contributed by atoms with Gasteiger partial charge < -0.3 is 20.1 Å². The number of urea groups is 1. The Morgan fingerprint density at radius 2 is 2.21 bits per heavy atom. The Kier molecular flexibility index (Phi) is 4.63. The lowest BCUT2D eigenvalue weighted by Crippen LogP contribution is -2.38. The Bertz CT molecular complexity index is 419. The summed E-state index contributed by atoms with van der Waals surface area (Å²) in [6.07, 6.45) is 0.881. The maximum atomic E-state index is 11.9. The van der Waals surface area contributed by atoms with E-state index >= 15 is 0 Å². The summed E-state index contributed by atoms with van der Waals surface area (Å²) in [4.78, 5) is 13.7. The van der Waals surface area contributed by atoms with Crippen molar-refractivity contribution < 1.29 is 14.6 Å². The molecule has 1 unspecified atom stereocenters. The molecule has 5 nitrogen and oxygen atoms in total. The zero-order valence-corrected chi connectivity index (χ0v) is 11.1. The monoisotopic (exact) mass is 264 g/mol. The number of ether oxygens (including phenoxy) is 1. The van der Waals surface area contributed by atoms with Crippen molar-refractivity contribution in [2.45, 2.75) is 13.0 Å². The Morgan fingerprint density at radius 1 is 1.47 bits per heavy atom. The molecule has 2 amide bonds. The molecule has 0 aliphatic carbocycles. The molecule has 1 aliphatic heterocycles. The molecular formula is C14H20N2O3. The van der Waals surface area contributed by atoms with Crippen LogP contribution >= 0.6 is 0 Å². The summed E-state index contributed by atoms with van der Waals surface area (Å²) < 4.78 is 5.08. The lowest BCUT2D eigenvalue weighted by atomic mass is 10.1. The summed E-state index contributed by atoms with van der Waals surface area (Å²) in [5.41, 5.74) is 1.03. The average molecular weight is 264 g/mol. The fourth-order valence-corrected chi connectivity index (χ4v) is 2.20. The first kappa shape index (κ1) is 13.7. The van der Waals surface area contributed by atoms with Crippen molar-refractivity contribution in [3.8, 4) is 5.75 Å². The molecule has 0 saturated carbocycles. The van der Waals surface area contributed by atoms with Gasteiger partial charge in [0.25, 0.3) is 0 Å². The second-order valence-electron chi connectivity index (χ2n) is 4.79. The summed E-state index contributed by atoms with van der Waals surface area (Å²) >= 11 is 0. The van der Waals surface area contributed by atoms with Gasteiger partial charge in [-0.25, -0.2) is 4.79 Å². The van der Waals surface area contributed by atoms with E-state index in [-0.39, 0.29) is 18.6 Å². The quantitative estimate of drug-likeness (QED) is 0.859. The van der Waals surface area contributed by atoms with E-state index in [9.17, 15) is 4.79 Å². The van der Waals surface area contributed by atoms with Crippen LogP contribution in [0.5, 0.6) is 5.75 Å². The number of benzene rings is 1. The topological polar surface area (TPSA) is 61.8 Å². The van der Waals surface area contributed by atoms with Crippen LogP contribution in [0.15, 0.2) is 24.3 Å². The average Bonchev–Trinajstić information content (AvgIpc) is 2.94. The molecule has 1 atom stereocenters. The maximum Gasteiger partial charge on any atom is 0.317 e. The number of rotatable bonds is 4. The molecule has 0 aromatic heterocycles. The van der Waals surface area contributed by atoms with E-state index in [1.165, 1.54) is 0 Å². The lowest BCUT2D eigenvalue weighted by Gasteiger charge is -2.17. The molecule has 1 heterocycles. The number of likely N-dealkylation sites (tertiary alicyclic amines) is 1. The van der Waals surface area contributed by atoms with Crippen molar-refractivity contribution in [1.29, 1.82) is 0 Å². The van der Waals surface area contributed by atoms with Gasteiger partial charge in [0.1, 0.15) is 5.75 Å². The molecule has 0 radical (unpaired) electrons. The van der Waals surface area contributed by atoms with Gasteiger partial charge in [0.2, 0.25) is 0 Å². The molecule has 1 saturated heterocycles.